The van der Waals surface area contributed by atoms with Gasteiger partial charge in [-0.15, -0.1) is 0 Å². The fourth-order valence-corrected chi connectivity index (χ4v) is 3.07. The van der Waals surface area contributed by atoms with E-state index in [0.717, 1.165) is 5.56 Å². The zero-order valence-electron chi connectivity index (χ0n) is 15.0. The van der Waals surface area contributed by atoms with Crippen molar-refractivity contribution in [2.45, 2.75) is 12.7 Å². The average molecular weight is 422 g/mol. The number of nitrogens with zero attached hydrogens (tertiary/aromatic N) is 5. The van der Waals surface area contributed by atoms with Gasteiger partial charge in [-0.3, -0.25) is 4.79 Å². The monoisotopic (exact) mass is 421 g/mol. The predicted octanol–water partition coefficient (Wildman–Crippen LogP) is 3.40. The molecule has 6 nitrogen and oxygen atoms in total. The number of rotatable bonds is 4. The highest BCUT2D eigenvalue weighted by atomic mass is 35.5. The number of hydrogen-bond donors (Lipinski definition) is 0. The van der Waals surface area contributed by atoms with Gasteiger partial charge in [-0.05, 0) is 23.8 Å². The van der Waals surface area contributed by atoms with E-state index in [1.54, 1.807) is 18.2 Å². The van der Waals surface area contributed by atoms with Crippen molar-refractivity contribution in [1.82, 2.24) is 19.7 Å². The molecule has 0 unspecified atom stereocenters. The number of anilines is 1. The van der Waals surface area contributed by atoms with E-state index in [2.05, 4.69) is 15.1 Å². The van der Waals surface area contributed by atoms with E-state index in [4.69, 9.17) is 11.6 Å². The normalized spacial score (nSPS) is 14.7. The van der Waals surface area contributed by atoms with Crippen molar-refractivity contribution in [2.24, 2.45) is 5.92 Å². The smallest absolute Gasteiger partial charge is 0.339 e. The van der Waals surface area contributed by atoms with Gasteiger partial charge in [0.05, 0.1) is 18.2 Å². The highest BCUT2D eigenvalue weighted by molar-refractivity contribution is 6.30. The maximum Gasteiger partial charge on any atom is 0.395 e. The molecule has 0 aliphatic carbocycles. The molecule has 2 aromatic heterocycles. The Hall–Kier alpha value is -2.94. The largest absolute Gasteiger partial charge is 0.395 e. The number of aromatic nitrogens is 4. The number of alkyl halides is 3. The summed E-state index contributed by atoms with van der Waals surface area (Å²) in [4.78, 5) is 21.9. The molecule has 3 heterocycles. The molecule has 1 fully saturated rings. The summed E-state index contributed by atoms with van der Waals surface area (Å²) in [7, 11) is 0. The molecule has 1 aliphatic heterocycles. The molecular weight excluding hydrogens is 407 g/mol. The molecule has 0 bridgehead atoms. The van der Waals surface area contributed by atoms with Gasteiger partial charge < -0.3 is 4.90 Å². The maximum atomic E-state index is 12.6. The third kappa shape index (κ3) is 4.24. The van der Waals surface area contributed by atoms with Crippen molar-refractivity contribution in [1.29, 1.82) is 0 Å². The van der Waals surface area contributed by atoms with E-state index in [1.165, 1.54) is 28.0 Å². The fourth-order valence-electron chi connectivity index (χ4n) is 2.94. The van der Waals surface area contributed by atoms with Crippen LogP contribution in [0, 0.1) is 5.92 Å². The van der Waals surface area contributed by atoms with Gasteiger partial charge in [0.1, 0.15) is 0 Å². The SMILES string of the molecule is O=c1ccc(-c2cnc(N3CC(C(F)(F)F)C3)nc2)nn1Cc1ccc(Cl)cc1. The molecule has 10 heteroatoms. The van der Waals surface area contributed by atoms with Gasteiger partial charge in [-0.1, -0.05) is 23.7 Å². The summed E-state index contributed by atoms with van der Waals surface area (Å²) < 4.78 is 39.1. The van der Waals surface area contributed by atoms with Crippen molar-refractivity contribution in [3.63, 3.8) is 0 Å². The van der Waals surface area contributed by atoms with Gasteiger partial charge >= 0.3 is 6.18 Å². The summed E-state index contributed by atoms with van der Waals surface area (Å²) in [5.74, 6) is -1.10. The van der Waals surface area contributed by atoms with Crippen LogP contribution in [0.1, 0.15) is 5.56 Å². The van der Waals surface area contributed by atoms with Crippen molar-refractivity contribution in [3.05, 3.63) is 69.7 Å². The lowest BCUT2D eigenvalue weighted by Gasteiger charge is -2.39. The molecule has 3 aromatic rings. The second-order valence-electron chi connectivity index (χ2n) is 6.76. The Balaban J connectivity index is 1.50. The van der Waals surface area contributed by atoms with Gasteiger partial charge in [0.25, 0.3) is 5.56 Å². The van der Waals surface area contributed by atoms with Crippen LogP contribution in [-0.2, 0) is 6.54 Å². The number of hydrogen-bond acceptors (Lipinski definition) is 5. The quantitative estimate of drug-likeness (QED) is 0.646. The van der Waals surface area contributed by atoms with E-state index in [9.17, 15) is 18.0 Å². The highest BCUT2D eigenvalue weighted by Gasteiger charge is 2.47. The van der Waals surface area contributed by atoms with Crippen LogP contribution in [0.25, 0.3) is 11.3 Å². The predicted molar refractivity (Wildman–Crippen MR) is 102 cm³/mol. The van der Waals surface area contributed by atoms with Crippen LogP contribution in [-0.4, -0.2) is 39.0 Å². The Kier molecular flexibility index (Phi) is 4.99. The van der Waals surface area contributed by atoms with Crippen LogP contribution in [0.2, 0.25) is 5.02 Å². The molecular formula is C19H15ClF3N5O. The Labute approximate surface area is 168 Å². The zero-order valence-corrected chi connectivity index (χ0v) is 15.7. The second-order valence-corrected chi connectivity index (χ2v) is 7.19. The van der Waals surface area contributed by atoms with Crippen molar-refractivity contribution in [2.75, 3.05) is 18.0 Å². The van der Waals surface area contributed by atoms with E-state index >= 15 is 0 Å². The van der Waals surface area contributed by atoms with E-state index in [0.29, 0.717) is 16.3 Å². The van der Waals surface area contributed by atoms with E-state index in [-0.39, 0.29) is 31.1 Å². The van der Waals surface area contributed by atoms with Crippen LogP contribution in [0.15, 0.2) is 53.6 Å². The minimum atomic E-state index is -4.20. The summed E-state index contributed by atoms with van der Waals surface area (Å²) in [5.41, 5.74) is 1.65. The van der Waals surface area contributed by atoms with Crippen LogP contribution in [0.5, 0.6) is 0 Å². The Morgan fingerprint density at radius 1 is 1.03 bits per heavy atom. The van der Waals surface area contributed by atoms with Crippen LogP contribution in [0.4, 0.5) is 19.1 Å². The summed E-state index contributed by atoms with van der Waals surface area (Å²) in [6.07, 6.45) is -1.22. The Morgan fingerprint density at radius 2 is 1.69 bits per heavy atom. The van der Waals surface area contributed by atoms with E-state index < -0.39 is 12.1 Å². The minimum Gasteiger partial charge on any atom is -0.339 e. The third-order valence-electron chi connectivity index (χ3n) is 4.67. The standard InChI is InChI=1S/C19H15ClF3N5O/c20-15-3-1-12(2-4-15)9-28-17(29)6-5-16(26-28)13-7-24-18(25-8-13)27-10-14(11-27)19(21,22)23/h1-8,14H,9-11H2. The molecule has 150 valence electrons. The van der Waals surface area contributed by atoms with Crippen LogP contribution >= 0.6 is 11.6 Å². The topological polar surface area (TPSA) is 63.9 Å². The first-order valence-corrected chi connectivity index (χ1v) is 9.14. The number of benzene rings is 1. The zero-order chi connectivity index (χ0) is 20.6. The van der Waals surface area contributed by atoms with Gasteiger partial charge in [0.2, 0.25) is 5.95 Å². The van der Waals surface area contributed by atoms with Crippen LogP contribution < -0.4 is 10.5 Å². The molecule has 1 saturated heterocycles. The van der Waals surface area contributed by atoms with Gasteiger partial charge in [-0.2, -0.15) is 18.3 Å². The lowest BCUT2D eigenvalue weighted by Crippen LogP contribution is -2.54. The minimum absolute atomic E-state index is 0.146. The summed E-state index contributed by atoms with van der Waals surface area (Å²) >= 11 is 5.87. The average Bonchev–Trinajstić information content (AvgIpc) is 2.64. The molecule has 1 aliphatic rings. The molecule has 4 rings (SSSR count). The lowest BCUT2D eigenvalue weighted by molar-refractivity contribution is -0.180. The van der Waals surface area contributed by atoms with Gasteiger partial charge in [0.15, 0.2) is 0 Å². The Morgan fingerprint density at radius 3 is 2.31 bits per heavy atom. The fraction of sp³-hybridized carbons (Fsp3) is 0.263. The highest BCUT2D eigenvalue weighted by Crippen LogP contribution is 2.34. The molecule has 29 heavy (non-hydrogen) atoms. The summed E-state index contributed by atoms with van der Waals surface area (Å²) in [6.45, 7) is -0.0183. The van der Waals surface area contributed by atoms with Crippen molar-refractivity contribution >= 4 is 17.5 Å². The molecule has 1 aromatic carbocycles. The molecule has 0 N–H and O–H groups in total. The molecule has 0 spiro atoms. The van der Waals surface area contributed by atoms with Gasteiger partial charge in [0, 0.05) is 42.1 Å². The first kappa shape index (κ1) is 19.4. The number of halogens is 4. The maximum absolute atomic E-state index is 12.6. The molecule has 0 amide bonds. The summed E-state index contributed by atoms with van der Waals surface area (Å²) in [5, 5.41) is 4.94. The molecule has 0 atom stereocenters. The first-order valence-electron chi connectivity index (χ1n) is 8.76. The second kappa shape index (κ2) is 7.47. The molecule has 0 radical (unpaired) electrons. The van der Waals surface area contributed by atoms with E-state index in [1.807, 2.05) is 12.1 Å². The Bertz CT molecular complexity index is 1060. The van der Waals surface area contributed by atoms with Crippen molar-refractivity contribution in [3.8, 4) is 11.3 Å². The summed E-state index contributed by atoms with van der Waals surface area (Å²) in [6, 6.07) is 10.0. The van der Waals surface area contributed by atoms with Crippen LogP contribution in [0.3, 0.4) is 0 Å². The third-order valence-corrected chi connectivity index (χ3v) is 4.93. The van der Waals surface area contributed by atoms with Crippen molar-refractivity contribution < 1.29 is 13.2 Å². The molecule has 0 saturated carbocycles. The lowest BCUT2D eigenvalue weighted by atomic mass is 10.0. The van der Waals surface area contributed by atoms with Gasteiger partial charge in [-0.25, -0.2) is 14.6 Å². The first-order chi connectivity index (χ1) is 13.8.